The van der Waals surface area contributed by atoms with Crippen molar-refractivity contribution in [1.82, 2.24) is 4.90 Å². The number of phenolic OH excluding ortho intramolecular Hbond substituents is 1. The van der Waals surface area contributed by atoms with E-state index in [0.29, 0.717) is 11.4 Å². The van der Waals surface area contributed by atoms with Gasteiger partial charge >= 0.3 is 0 Å². The van der Waals surface area contributed by atoms with Crippen LogP contribution < -0.4 is 5.73 Å². The van der Waals surface area contributed by atoms with Crippen LogP contribution in [0.5, 0.6) is 5.75 Å². The van der Waals surface area contributed by atoms with E-state index in [4.69, 9.17) is 5.73 Å². The first-order chi connectivity index (χ1) is 8.66. The van der Waals surface area contributed by atoms with Crippen LogP contribution in [0.25, 0.3) is 0 Å². The number of carbonyl (C=O) groups excluding carboxylic acids is 1. The van der Waals surface area contributed by atoms with E-state index in [-0.39, 0.29) is 11.7 Å². The Hall–Kier alpha value is -1.36. The van der Waals surface area contributed by atoms with E-state index in [1.165, 1.54) is 0 Å². The van der Waals surface area contributed by atoms with Crippen LogP contribution in [0, 0.1) is 0 Å². The quantitative estimate of drug-likeness (QED) is 0.644. The lowest BCUT2D eigenvalue weighted by Gasteiger charge is -2.14. The molecule has 4 nitrogen and oxygen atoms in total. The van der Waals surface area contributed by atoms with Crippen molar-refractivity contribution in [3.63, 3.8) is 0 Å². The third kappa shape index (κ3) is 3.32. The second-order valence-corrected chi connectivity index (χ2v) is 5.46. The molecule has 3 N–H and O–H groups in total. The fourth-order valence-corrected chi connectivity index (χ4v) is 2.88. The summed E-state index contributed by atoms with van der Waals surface area (Å²) >= 11 is 1.59. The summed E-state index contributed by atoms with van der Waals surface area (Å²) in [5, 5.41) is 9.31. The second-order valence-electron chi connectivity index (χ2n) is 4.47. The summed E-state index contributed by atoms with van der Waals surface area (Å²) in [5.74, 6) is 1.59. The van der Waals surface area contributed by atoms with E-state index in [9.17, 15) is 9.90 Å². The molecule has 0 saturated carbocycles. The smallest absolute Gasteiger partial charge is 0.232 e. The fraction of sp³-hybridized carbons (Fsp3) is 0.462. The van der Waals surface area contributed by atoms with Gasteiger partial charge in [-0.25, -0.2) is 0 Å². The summed E-state index contributed by atoms with van der Waals surface area (Å²) in [6, 6.07) is 5.18. The van der Waals surface area contributed by atoms with Gasteiger partial charge in [0.05, 0.1) is 11.4 Å². The lowest BCUT2D eigenvalue weighted by Crippen LogP contribution is -2.29. The average molecular weight is 266 g/mol. The maximum Gasteiger partial charge on any atom is 0.232 e. The highest BCUT2D eigenvalue weighted by atomic mass is 32.2. The molecule has 0 bridgehead atoms. The standard InChI is InChI=1S/C13H18N2O2S/c14-11-7-10(3-4-12(11)16)8-18-9-13(17)15-5-1-2-6-15/h3-4,7,16H,1-2,5-6,8-9,14H2. The highest BCUT2D eigenvalue weighted by Crippen LogP contribution is 2.23. The molecule has 0 aliphatic carbocycles. The number of hydrogen-bond acceptors (Lipinski definition) is 4. The van der Waals surface area contributed by atoms with Crippen molar-refractivity contribution in [1.29, 1.82) is 0 Å². The minimum Gasteiger partial charge on any atom is -0.506 e. The Balaban J connectivity index is 1.77. The Kier molecular flexibility index (Phi) is 4.36. The molecule has 1 saturated heterocycles. The largest absolute Gasteiger partial charge is 0.506 e. The highest BCUT2D eigenvalue weighted by Gasteiger charge is 2.17. The Bertz CT molecular complexity index is 431. The maximum absolute atomic E-state index is 11.8. The van der Waals surface area contributed by atoms with Gasteiger partial charge in [0.15, 0.2) is 0 Å². The van der Waals surface area contributed by atoms with Crippen molar-refractivity contribution in [2.75, 3.05) is 24.6 Å². The molecule has 0 radical (unpaired) electrons. The molecular weight excluding hydrogens is 248 g/mol. The zero-order chi connectivity index (χ0) is 13.0. The molecule has 0 aromatic heterocycles. The maximum atomic E-state index is 11.8. The summed E-state index contributed by atoms with van der Waals surface area (Å²) in [6.45, 7) is 1.82. The number of amides is 1. The molecule has 1 aliphatic rings. The normalized spacial score (nSPS) is 15.0. The molecule has 1 amide bonds. The van der Waals surface area contributed by atoms with Gasteiger partial charge in [0.25, 0.3) is 0 Å². The Morgan fingerprint density at radius 2 is 2.11 bits per heavy atom. The zero-order valence-corrected chi connectivity index (χ0v) is 11.1. The first-order valence-corrected chi connectivity index (χ1v) is 7.25. The molecule has 1 aromatic rings. The molecule has 1 aromatic carbocycles. The van der Waals surface area contributed by atoms with Gasteiger partial charge in [-0.05, 0) is 30.5 Å². The third-order valence-electron chi connectivity index (χ3n) is 3.04. The number of aromatic hydroxyl groups is 1. The van der Waals surface area contributed by atoms with E-state index >= 15 is 0 Å². The molecule has 18 heavy (non-hydrogen) atoms. The topological polar surface area (TPSA) is 66.6 Å². The van der Waals surface area contributed by atoms with Crippen LogP contribution >= 0.6 is 11.8 Å². The summed E-state index contributed by atoms with van der Waals surface area (Å²) < 4.78 is 0. The Labute approximate surface area is 111 Å². The average Bonchev–Trinajstić information content (AvgIpc) is 2.87. The van der Waals surface area contributed by atoms with E-state index in [1.807, 2.05) is 11.0 Å². The minimum absolute atomic E-state index is 0.108. The van der Waals surface area contributed by atoms with Gasteiger partial charge in [-0.3, -0.25) is 4.79 Å². The van der Waals surface area contributed by atoms with Crippen LogP contribution in [0.4, 0.5) is 5.69 Å². The van der Waals surface area contributed by atoms with E-state index in [1.54, 1.807) is 23.9 Å². The third-order valence-corrected chi connectivity index (χ3v) is 4.03. The summed E-state index contributed by atoms with van der Waals surface area (Å²) in [4.78, 5) is 13.7. The number of nitrogens with zero attached hydrogens (tertiary/aromatic N) is 1. The lowest BCUT2D eigenvalue weighted by atomic mass is 10.2. The summed E-state index contributed by atoms with van der Waals surface area (Å²) in [5.41, 5.74) is 7.04. The highest BCUT2D eigenvalue weighted by molar-refractivity contribution is 7.99. The molecule has 1 aliphatic heterocycles. The number of nitrogens with two attached hydrogens (primary N) is 1. The number of thioether (sulfide) groups is 1. The predicted molar refractivity (Wildman–Crippen MR) is 74.5 cm³/mol. The van der Waals surface area contributed by atoms with Crippen LogP contribution in [0.1, 0.15) is 18.4 Å². The van der Waals surface area contributed by atoms with Crippen molar-refractivity contribution < 1.29 is 9.90 Å². The minimum atomic E-state index is 0.108. The van der Waals surface area contributed by atoms with Crippen LogP contribution in [0.15, 0.2) is 18.2 Å². The number of hydrogen-bond donors (Lipinski definition) is 2. The Morgan fingerprint density at radius 3 is 2.78 bits per heavy atom. The predicted octanol–water partition coefficient (Wildman–Crippen LogP) is 1.83. The number of nitrogen functional groups attached to an aromatic ring is 1. The van der Waals surface area contributed by atoms with Gasteiger partial charge in [-0.1, -0.05) is 6.07 Å². The van der Waals surface area contributed by atoms with Crippen LogP contribution in [-0.4, -0.2) is 34.8 Å². The van der Waals surface area contributed by atoms with Gasteiger partial charge in [0.1, 0.15) is 5.75 Å². The molecule has 1 fully saturated rings. The van der Waals surface area contributed by atoms with Gasteiger partial charge in [-0.2, -0.15) is 0 Å². The van der Waals surface area contributed by atoms with Gasteiger partial charge in [-0.15, -0.1) is 11.8 Å². The number of rotatable bonds is 4. The number of benzene rings is 1. The molecule has 0 spiro atoms. The molecule has 5 heteroatoms. The van der Waals surface area contributed by atoms with Crippen LogP contribution in [-0.2, 0) is 10.5 Å². The lowest BCUT2D eigenvalue weighted by molar-refractivity contribution is -0.127. The summed E-state index contributed by atoms with van der Waals surface area (Å²) in [6.07, 6.45) is 2.26. The van der Waals surface area contributed by atoms with Crippen molar-refractivity contribution in [3.05, 3.63) is 23.8 Å². The first-order valence-electron chi connectivity index (χ1n) is 6.09. The number of likely N-dealkylation sites (tertiary alicyclic amines) is 1. The molecule has 98 valence electrons. The van der Waals surface area contributed by atoms with Gasteiger partial charge in [0, 0.05) is 18.8 Å². The second kappa shape index (κ2) is 6.00. The van der Waals surface area contributed by atoms with Crippen molar-refractivity contribution in [2.45, 2.75) is 18.6 Å². The van der Waals surface area contributed by atoms with E-state index in [2.05, 4.69) is 0 Å². The molecule has 1 heterocycles. The molecule has 2 rings (SSSR count). The summed E-state index contributed by atoms with van der Waals surface area (Å²) in [7, 11) is 0. The zero-order valence-electron chi connectivity index (χ0n) is 10.3. The van der Waals surface area contributed by atoms with Crippen LogP contribution in [0.2, 0.25) is 0 Å². The van der Waals surface area contributed by atoms with Crippen molar-refractivity contribution in [2.24, 2.45) is 0 Å². The molecule has 0 atom stereocenters. The van der Waals surface area contributed by atoms with Crippen molar-refractivity contribution in [3.8, 4) is 5.75 Å². The fourth-order valence-electron chi connectivity index (χ4n) is 2.01. The number of anilines is 1. The number of carbonyl (C=O) groups is 1. The molecular formula is C13H18N2O2S. The first kappa shape index (κ1) is 13.1. The van der Waals surface area contributed by atoms with Crippen LogP contribution in [0.3, 0.4) is 0 Å². The van der Waals surface area contributed by atoms with E-state index < -0.39 is 0 Å². The Morgan fingerprint density at radius 1 is 1.39 bits per heavy atom. The monoisotopic (exact) mass is 266 g/mol. The van der Waals surface area contributed by atoms with Gasteiger partial charge < -0.3 is 15.7 Å². The van der Waals surface area contributed by atoms with Crippen molar-refractivity contribution >= 4 is 23.4 Å². The SMILES string of the molecule is Nc1cc(CSCC(=O)N2CCCC2)ccc1O. The molecule has 0 unspecified atom stereocenters. The van der Waals surface area contributed by atoms with E-state index in [0.717, 1.165) is 37.2 Å². The number of phenols is 1. The van der Waals surface area contributed by atoms with Gasteiger partial charge in [0.2, 0.25) is 5.91 Å².